The SMILES string of the molecule is COc1cc(C)ccc1C(=O)CN1CCC(N)C1. The Labute approximate surface area is 108 Å². The van der Waals surface area contributed by atoms with E-state index in [9.17, 15) is 4.79 Å². The molecule has 0 radical (unpaired) electrons. The zero-order valence-electron chi connectivity index (χ0n) is 11.0. The molecule has 1 fully saturated rings. The van der Waals surface area contributed by atoms with Crippen molar-refractivity contribution in [2.45, 2.75) is 19.4 Å². The van der Waals surface area contributed by atoms with Crippen molar-refractivity contribution in [1.82, 2.24) is 4.90 Å². The summed E-state index contributed by atoms with van der Waals surface area (Å²) < 4.78 is 5.27. The van der Waals surface area contributed by atoms with Gasteiger partial charge in [-0.2, -0.15) is 0 Å². The van der Waals surface area contributed by atoms with Crippen LogP contribution in [-0.2, 0) is 0 Å². The number of ether oxygens (including phenoxy) is 1. The van der Waals surface area contributed by atoms with E-state index >= 15 is 0 Å². The van der Waals surface area contributed by atoms with E-state index in [1.54, 1.807) is 7.11 Å². The average molecular weight is 248 g/mol. The number of nitrogens with zero attached hydrogens (tertiary/aromatic N) is 1. The predicted molar refractivity (Wildman–Crippen MR) is 71.1 cm³/mol. The Morgan fingerprint density at radius 1 is 1.56 bits per heavy atom. The van der Waals surface area contributed by atoms with Crippen LogP contribution in [0.15, 0.2) is 18.2 Å². The zero-order chi connectivity index (χ0) is 13.1. The van der Waals surface area contributed by atoms with Gasteiger partial charge in [-0.3, -0.25) is 9.69 Å². The maximum Gasteiger partial charge on any atom is 0.180 e. The third-order valence-corrected chi connectivity index (χ3v) is 3.33. The van der Waals surface area contributed by atoms with Crippen LogP contribution in [0.25, 0.3) is 0 Å². The fourth-order valence-corrected chi connectivity index (χ4v) is 2.32. The average Bonchev–Trinajstić information content (AvgIpc) is 2.74. The zero-order valence-corrected chi connectivity index (χ0v) is 11.0. The van der Waals surface area contributed by atoms with Crippen LogP contribution >= 0.6 is 0 Å². The molecule has 1 aromatic carbocycles. The predicted octanol–water partition coefficient (Wildman–Crippen LogP) is 1.22. The molecule has 1 heterocycles. The summed E-state index contributed by atoms with van der Waals surface area (Å²) in [5, 5.41) is 0. The van der Waals surface area contributed by atoms with Gasteiger partial charge in [-0.05, 0) is 31.0 Å². The summed E-state index contributed by atoms with van der Waals surface area (Å²) in [5.41, 5.74) is 7.58. The number of hydrogen-bond donors (Lipinski definition) is 1. The number of aryl methyl sites for hydroxylation is 1. The fourth-order valence-electron chi connectivity index (χ4n) is 2.32. The van der Waals surface area contributed by atoms with E-state index in [1.807, 2.05) is 25.1 Å². The number of carbonyl (C=O) groups is 1. The smallest absolute Gasteiger partial charge is 0.180 e. The van der Waals surface area contributed by atoms with Crippen molar-refractivity contribution in [3.05, 3.63) is 29.3 Å². The maximum atomic E-state index is 12.2. The Bertz CT molecular complexity index is 445. The molecule has 0 saturated carbocycles. The number of methoxy groups -OCH3 is 1. The summed E-state index contributed by atoms with van der Waals surface area (Å²) in [7, 11) is 1.59. The van der Waals surface area contributed by atoms with Crippen LogP contribution in [0.5, 0.6) is 5.75 Å². The van der Waals surface area contributed by atoms with Gasteiger partial charge in [0.05, 0.1) is 19.2 Å². The number of nitrogens with two attached hydrogens (primary N) is 1. The molecule has 1 aromatic rings. The van der Waals surface area contributed by atoms with Crippen LogP contribution in [0.4, 0.5) is 0 Å². The van der Waals surface area contributed by atoms with Crippen molar-refractivity contribution in [2.75, 3.05) is 26.7 Å². The summed E-state index contributed by atoms with van der Waals surface area (Å²) in [6, 6.07) is 5.87. The van der Waals surface area contributed by atoms with Gasteiger partial charge in [0, 0.05) is 19.1 Å². The summed E-state index contributed by atoms with van der Waals surface area (Å²) in [6.07, 6.45) is 0.971. The minimum absolute atomic E-state index is 0.0981. The van der Waals surface area contributed by atoms with E-state index in [1.165, 1.54) is 0 Å². The molecule has 1 atom stereocenters. The van der Waals surface area contributed by atoms with Crippen molar-refractivity contribution in [3.8, 4) is 5.75 Å². The lowest BCUT2D eigenvalue weighted by Crippen LogP contribution is -2.31. The van der Waals surface area contributed by atoms with Crippen molar-refractivity contribution >= 4 is 5.78 Å². The number of benzene rings is 1. The van der Waals surface area contributed by atoms with E-state index in [-0.39, 0.29) is 11.8 Å². The summed E-state index contributed by atoms with van der Waals surface area (Å²) in [4.78, 5) is 14.3. The number of likely N-dealkylation sites (tertiary alicyclic amines) is 1. The largest absolute Gasteiger partial charge is 0.496 e. The highest BCUT2D eigenvalue weighted by Crippen LogP contribution is 2.21. The third-order valence-electron chi connectivity index (χ3n) is 3.33. The Morgan fingerprint density at radius 2 is 2.33 bits per heavy atom. The molecule has 0 spiro atoms. The monoisotopic (exact) mass is 248 g/mol. The van der Waals surface area contributed by atoms with Gasteiger partial charge in [0.15, 0.2) is 5.78 Å². The molecular formula is C14H20N2O2. The summed E-state index contributed by atoms with van der Waals surface area (Å²) >= 11 is 0. The highest BCUT2D eigenvalue weighted by molar-refractivity contribution is 6.00. The molecule has 1 aliphatic heterocycles. The second kappa shape index (κ2) is 5.50. The number of ketones is 1. The number of Topliss-reactive ketones (excluding diaryl/α,β-unsaturated/α-hetero) is 1. The molecule has 1 unspecified atom stereocenters. The molecule has 2 N–H and O–H groups in total. The Morgan fingerprint density at radius 3 is 2.94 bits per heavy atom. The third kappa shape index (κ3) is 2.89. The lowest BCUT2D eigenvalue weighted by molar-refractivity contribution is 0.0942. The molecule has 0 aromatic heterocycles. The highest BCUT2D eigenvalue weighted by Gasteiger charge is 2.22. The maximum absolute atomic E-state index is 12.2. The van der Waals surface area contributed by atoms with Gasteiger partial charge in [-0.15, -0.1) is 0 Å². The molecule has 1 aliphatic rings. The van der Waals surface area contributed by atoms with Crippen LogP contribution in [0.1, 0.15) is 22.3 Å². The van der Waals surface area contributed by atoms with E-state index in [0.717, 1.165) is 25.1 Å². The Kier molecular flexibility index (Phi) is 3.99. The van der Waals surface area contributed by atoms with Gasteiger partial charge >= 0.3 is 0 Å². The van der Waals surface area contributed by atoms with E-state index in [2.05, 4.69) is 4.90 Å². The second-order valence-electron chi connectivity index (χ2n) is 4.91. The molecule has 0 amide bonds. The lowest BCUT2D eigenvalue weighted by Gasteiger charge is -2.15. The topological polar surface area (TPSA) is 55.6 Å². The van der Waals surface area contributed by atoms with Gasteiger partial charge < -0.3 is 10.5 Å². The first kappa shape index (κ1) is 13.1. The first-order valence-electron chi connectivity index (χ1n) is 6.26. The molecule has 98 valence electrons. The van der Waals surface area contributed by atoms with Gasteiger partial charge in [0.25, 0.3) is 0 Å². The summed E-state index contributed by atoms with van der Waals surface area (Å²) in [5.74, 6) is 0.754. The standard InChI is InChI=1S/C14H20N2O2/c1-10-3-4-12(14(7-10)18-2)13(17)9-16-6-5-11(15)8-16/h3-4,7,11H,5-6,8-9,15H2,1-2H3. The Balaban J connectivity index is 2.09. The molecule has 0 aliphatic carbocycles. The highest BCUT2D eigenvalue weighted by atomic mass is 16.5. The van der Waals surface area contributed by atoms with Gasteiger partial charge in [-0.1, -0.05) is 6.07 Å². The van der Waals surface area contributed by atoms with Crippen LogP contribution in [0.3, 0.4) is 0 Å². The van der Waals surface area contributed by atoms with Crippen molar-refractivity contribution in [1.29, 1.82) is 0 Å². The van der Waals surface area contributed by atoms with Gasteiger partial charge in [0.1, 0.15) is 5.75 Å². The van der Waals surface area contributed by atoms with Crippen LogP contribution < -0.4 is 10.5 Å². The second-order valence-corrected chi connectivity index (χ2v) is 4.91. The van der Waals surface area contributed by atoms with Gasteiger partial charge in [-0.25, -0.2) is 0 Å². The van der Waals surface area contributed by atoms with Crippen LogP contribution in [0.2, 0.25) is 0 Å². The quantitative estimate of drug-likeness (QED) is 0.814. The van der Waals surface area contributed by atoms with Gasteiger partial charge in [0.2, 0.25) is 0 Å². The molecule has 1 saturated heterocycles. The van der Waals surface area contributed by atoms with E-state index < -0.39 is 0 Å². The normalized spacial score (nSPS) is 20.1. The number of carbonyl (C=O) groups excluding carboxylic acids is 1. The van der Waals surface area contributed by atoms with Crippen LogP contribution in [0, 0.1) is 6.92 Å². The first-order valence-corrected chi connectivity index (χ1v) is 6.26. The molecule has 0 bridgehead atoms. The van der Waals surface area contributed by atoms with E-state index in [4.69, 9.17) is 10.5 Å². The molecular weight excluding hydrogens is 228 g/mol. The molecule has 4 heteroatoms. The van der Waals surface area contributed by atoms with Crippen molar-refractivity contribution in [3.63, 3.8) is 0 Å². The minimum Gasteiger partial charge on any atom is -0.496 e. The first-order chi connectivity index (χ1) is 8.60. The van der Waals surface area contributed by atoms with Crippen molar-refractivity contribution in [2.24, 2.45) is 5.73 Å². The minimum atomic E-state index is 0.0981. The lowest BCUT2D eigenvalue weighted by atomic mass is 10.1. The number of hydrogen-bond acceptors (Lipinski definition) is 4. The fraction of sp³-hybridized carbons (Fsp3) is 0.500. The van der Waals surface area contributed by atoms with E-state index in [0.29, 0.717) is 17.9 Å². The van der Waals surface area contributed by atoms with Crippen molar-refractivity contribution < 1.29 is 9.53 Å². The molecule has 18 heavy (non-hydrogen) atoms. The Hall–Kier alpha value is -1.39. The van der Waals surface area contributed by atoms with Crippen LogP contribution in [-0.4, -0.2) is 43.5 Å². The number of rotatable bonds is 4. The molecule has 4 nitrogen and oxygen atoms in total. The molecule has 2 rings (SSSR count). The summed E-state index contributed by atoms with van der Waals surface area (Å²) in [6.45, 7) is 4.12.